The first-order valence-corrected chi connectivity index (χ1v) is 5.34. The number of rotatable bonds is 0. The Labute approximate surface area is 70.8 Å². The Hall–Kier alpha value is 0.350. The highest BCUT2D eigenvalue weighted by molar-refractivity contribution is 7.79. The van der Waals surface area contributed by atoms with Gasteiger partial charge in [-0.2, -0.15) is 12.6 Å². The van der Waals surface area contributed by atoms with E-state index >= 15 is 0 Å². The lowest BCUT2D eigenvalue weighted by atomic mass is 10.0. The van der Waals surface area contributed by atoms with Crippen molar-refractivity contribution >= 4 is 12.6 Å². The molecule has 2 saturated carbocycles. The largest absolute Gasteiger partial charge is 0.183 e. The van der Waals surface area contributed by atoms with Crippen LogP contribution in [-0.2, 0) is 0 Å². The second-order valence-electron chi connectivity index (χ2n) is 2.83. The molecule has 2 fully saturated rings. The first-order chi connectivity index (χ1) is 5.00. The number of hydrogen-bond acceptors (Lipinski definition) is 1. The van der Waals surface area contributed by atoms with E-state index in [1.165, 1.54) is 51.4 Å². The fourth-order valence-corrected chi connectivity index (χ4v) is 0.500. The van der Waals surface area contributed by atoms with Crippen molar-refractivity contribution in [2.45, 2.75) is 51.4 Å². The predicted octanol–water partition coefficient (Wildman–Crippen LogP) is 3.67. The van der Waals surface area contributed by atoms with Crippen molar-refractivity contribution in [3.63, 3.8) is 0 Å². The van der Waals surface area contributed by atoms with Crippen molar-refractivity contribution in [2.24, 2.45) is 0 Å². The van der Waals surface area contributed by atoms with Crippen LogP contribution in [0.4, 0.5) is 0 Å². The summed E-state index contributed by atoms with van der Waals surface area (Å²) in [7, 11) is 0. The van der Waals surface area contributed by atoms with Crippen molar-refractivity contribution in [3.8, 4) is 0 Å². The third-order valence-electron chi connectivity index (χ3n) is 2.00. The first-order valence-electron chi connectivity index (χ1n) is 4.45. The lowest BCUT2D eigenvalue weighted by Crippen LogP contribution is -1.85. The predicted molar refractivity (Wildman–Crippen MR) is 51.8 cm³/mol. The Morgan fingerprint density at radius 3 is 0.600 bits per heavy atom. The quantitative estimate of drug-likeness (QED) is 0.514. The van der Waals surface area contributed by atoms with Crippen LogP contribution in [0.2, 0.25) is 0 Å². The van der Waals surface area contributed by atoms with Gasteiger partial charge in [0, 0.05) is 0 Å². The molecule has 0 aliphatic heterocycles. The van der Waals surface area contributed by atoms with Crippen LogP contribution in [-0.4, -0.2) is 6.26 Å². The second kappa shape index (κ2) is 9.35. The lowest BCUT2D eigenvalue weighted by Gasteiger charge is -2.05. The van der Waals surface area contributed by atoms with Crippen LogP contribution >= 0.6 is 12.6 Å². The van der Waals surface area contributed by atoms with Gasteiger partial charge in [0.25, 0.3) is 0 Å². The van der Waals surface area contributed by atoms with Gasteiger partial charge in [-0.1, -0.05) is 51.4 Å². The molecule has 0 saturated heterocycles. The van der Waals surface area contributed by atoms with Gasteiger partial charge in [0.2, 0.25) is 0 Å². The molecule has 0 aromatic rings. The summed E-state index contributed by atoms with van der Waals surface area (Å²) in [6, 6.07) is 0. The average Bonchev–Trinajstić information content (AvgIpc) is 1.59. The summed E-state index contributed by atoms with van der Waals surface area (Å²) in [6.07, 6.45) is 13.7. The summed E-state index contributed by atoms with van der Waals surface area (Å²) < 4.78 is 0. The molecule has 2 aliphatic rings. The number of thiol groups is 1. The fourth-order valence-electron chi connectivity index (χ4n) is 0.500. The summed E-state index contributed by atoms with van der Waals surface area (Å²) >= 11 is 3.53. The highest BCUT2D eigenvalue weighted by atomic mass is 32.1. The molecule has 0 nitrogen and oxygen atoms in total. The molecule has 0 aromatic carbocycles. The Kier molecular flexibility index (Phi) is 9.68. The van der Waals surface area contributed by atoms with E-state index in [1.54, 1.807) is 6.26 Å². The van der Waals surface area contributed by atoms with Gasteiger partial charge in [0.05, 0.1) is 0 Å². The normalized spacial score (nSPS) is 19.8. The molecule has 0 heterocycles. The third kappa shape index (κ3) is 6.47. The average molecular weight is 160 g/mol. The molecule has 0 radical (unpaired) electrons. The SMILES string of the molecule is C1CCC1.C1CCC1.CS. The smallest absolute Gasteiger partial charge is 0.0215 e. The van der Waals surface area contributed by atoms with Gasteiger partial charge in [-0.3, -0.25) is 0 Å². The molecular weight excluding hydrogens is 140 g/mol. The Balaban J connectivity index is 0.000000131. The minimum absolute atomic E-state index is 1.50. The van der Waals surface area contributed by atoms with Crippen LogP contribution in [0.3, 0.4) is 0 Å². The summed E-state index contributed by atoms with van der Waals surface area (Å²) in [6.45, 7) is 0. The van der Waals surface area contributed by atoms with E-state index in [2.05, 4.69) is 12.6 Å². The van der Waals surface area contributed by atoms with Crippen LogP contribution in [0, 0.1) is 0 Å². The van der Waals surface area contributed by atoms with Crippen LogP contribution in [0.25, 0.3) is 0 Å². The van der Waals surface area contributed by atoms with Crippen molar-refractivity contribution in [3.05, 3.63) is 0 Å². The molecule has 10 heavy (non-hydrogen) atoms. The fraction of sp³-hybridized carbons (Fsp3) is 1.00. The Bertz CT molecular complexity index is 28.7. The molecule has 0 amide bonds. The molecule has 2 aliphatic carbocycles. The molecule has 0 N–H and O–H groups in total. The van der Waals surface area contributed by atoms with Crippen molar-refractivity contribution in [1.29, 1.82) is 0 Å². The van der Waals surface area contributed by atoms with E-state index in [4.69, 9.17) is 0 Å². The highest BCUT2D eigenvalue weighted by Crippen LogP contribution is 2.15. The minimum atomic E-state index is 1.50. The topological polar surface area (TPSA) is 0 Å². The van der Waals surface area contributed by atoms with Gasteiger partial charge in [-0.25, -0.2) is 0 Å². The van der Waals surface area contributed by atoms with E-state index in [1.807, 2.05) is 0 Å². The summed E-state index contributed by atoms with van der Waals surface area (Å²) in [5.41, 5.74) is 0. The summed E-state index contributed by atoms with van der Waals surface area (Å²) in [5, 5.41) is 0. The lowest BCUT2D eigenvalue weighted by molar-refractivity contribution is 0.504. The van der Waals surface area contributed by atoms with Crippen LogP contribution in [0.15, 0.2) is 0 Å². The maximum Gasteiger partial charge on any atom is -0.0215 e. The Morgan fingerprint density at radius 1 is 0.500 bits per heavy atom. The van der Waals surface area contributed by atoms with Crippen LogP contribution < -0.4 is 0 Å². The van der Waals surface area contributed by atoms with E-state index in [0.717, 1.165) is 0 Å². The van der Waals surface area contributed by atoms with Crippen LogP contribution in [0.1, 0.15) is 51.4 Å². The highest BCUT2D eigenvalue weighted by Gasteiger charge is 1.95. The van der Waals surface area contributed by atoms with Crippen LogP contribution in [0.5, 0.6) is 0 Å². The monoisotopic (exact) mass is 160 g/mol. The van der Waals surface area contributed by atoms with Crippen molar-refractivity contribution in [1.82, 2.24) is 0 Å². The molecule has 2 rings (SSSR count). The molecule has 0 atom stereocenters. The molecule has 0 bridgehead atoms. The summed E-state index contributed by atoms with van der Waals surface area (Å²) in [4.78, 5) is 0. The van der Waals surface area contributed by atoms with Gasteiger partial charge >= 0.3 is 0 Å². The standard InChI is InChI=1S/2C4H8.CH4S/c2*1-2-4-3-1;1-2/h2*1-4H2;2H,1H3. The Morgan fingerprint density at radius 2 is 0.600 bits per heavy atom. The molecule has 0 unspecified atom stereocenters. The maximum atomic E-state index is 3.53. The molecule has 62 valence electrons. The zero-order valence-electron chi connectivity index (χ0n) is 7.10. The zero-order chi connectivity index (χ0) is 7.66. The zero-order valence-corrected chi connectivity index (χ0v) is 8.00. The first kappa shape index (κ1) is 10.3. The summed E-state index contributed by atoms with van der Waals surface area (Å²) in [5.74, 6) is 0. The maximum absolute atomic E-state index is 3.53. The molecule has 0 spiro atoms. The van der Waals surface area contributed by atoms with Gasteiger partial charge in [-0.05, 0) is 6.26 Å². The molecular formula is C9H20S. The van der Waals surface area contributed by atoms with E-state index in [0.29, 0.717) is 0 Å². The number of hydrogen-bond donors (Lipinski definition) is 1. The van der Waals surface area contributed by atoms with Crippen molar-refractivity contribution in [2.75, 3.05) is 6.26 Å². The van der Waals surface area contributed by atoms with E-state index in [9.17, 15) is 0 Å². The second-order valence-corrected chi connectivity index (χ2v) is 2.83. The third-order valence-corrected chi connectivity index (χ3v) is 2.00. The molecule has 0 aromatic heterocycles. The minimum Gasteiger partial charge on any atom is -0.183 e. The molecule has 1 heteroatoms. The van der Waals surface area contributed by atoms with Gasteiger partial charge in [0.15, 0.2) is 0 Å². The van der Waals surface area contributed by atoms with Crippen molar-refractivity contribution < 1.29 is 0 Å². The van der Waals surface area contributed by atoms with Gasteiger partial charge in [0.1, 0.15) is 0 Å². The van der Waals surface area contributed by atoms with E-state index < -0.39 is 0 Å². The van der Waals surface area contributed by atoms with Gasteiger partial charge < -0.3 is 0 Å². The van der Waals surface area contributed by atoms with Gasteiger partial charge in [-0.15, -0.1) is 0 Å². The van der Waals surface area contributed by atoms with E-state index in [-0.39, 0.29) is 0 Å².